The predicted octanol–water partition coefficient (Wildman–Crippen LogP) is 0.507. The Bertz CT molecular complexity index is 333. The first-order valence-corrected chi connectivity index (χ1v) is 6.62. The van der Waals surface area contributed by atoms with Crippen LogP contribution in [0.4, 0.5) is 0 Å². The number of rotatable bonds is 6. The van der Waals surface area contributed by atoms with Crippen molar-refractivity contribution in [3.63, 3.8) is 0 Å². The molecule has 0 aromatic heterocycles. The maximum absolute atomic E-state index is 12.3. The fourth-order valence-corrected chi connectivity index (χ4v) is 2.93. The molecule has 5 nitrogen and oxygen atoms in total. The minimum absolute atomic E-state index is 0.0476. The summed E-state index contributed by atoms with van der Waals surface area (Å²) >= 11 is 0. The molecule has 0 heterocycles. The minimum atomic E-state index is -0.926. The third-order valence-electron chi connectivity index (χ3n) is 4.05. The molecule has 1 amide bonds. The van der Waals surface area contributed by atoms with E-state index in [4.69, 9.17) is 5.11 Å². The molecule has 0 radical (unpaired) electrons. The van der Waals surface area contributed by atoms with E-state index in [1.807, 2.05) is 19.0 Å². The largest absolute Gasteiger partial charge is 0.480 e. The predicted molar refractivity (Wildman–Crippen MR) is 67.1 cm³/mol. The smallest absolute Gasteiger partial charge is 0.323 e. The number of nitrogens with zero attached hydrogens (tertiary/aromatic N) is 2. The number of fused-ring (bicyclic) bond motifs is 1. The molecule has 2 aliphatic carbocycles. The zero-order chi connectivity index (χ0) is 13.3. The van der Waals surface area contributed by atoms with Crippen molar-refractivity contribution >= 4 is 11.9 Å². The summed E-state index contributed by atoms with van der Waals surface area (Å²) < 4.78 is 0. The van der Waals surface area contributed by atoms with Crippen LogP contribution in [0.2, 0.25) is 0 Å². The van der Waals surface area contributed by atoms with Crippen LogP contribution in [-0.2, 0) is 9.59 Å². The highest BCUT2D eigenvalue weighted by molar-refractivity contribution is 5.83. The number of carboxylic acids is 1. The molecule has 1 N–H and O–H groups in total. The van der Waals surface area contributed by atoms with E-state index in [-0.39, 0.29) is 18.4 Å². The standard InChI is InChI=1S/C13H22N2O3/c1-14(2)3-4-15(8-12(16)17)13(18)11-6-9-5-10(9)7-11/h9-11H,3-8H2,1-2H3,(H,16,17). The fourth-order valence-electron chi connectivity index (χ4n) is 2.93. The van der Waals surface area contributed by atoms with Gasteiger partial charge in [0, 0.05) is 19.0 Å². The zero-order valence-corrected chi connectivity index (χ0v) is 11.1. The van der Waals surface area contributed by atoms with Crippen molar-refractivity contribution < 1.29 is 14.7 Å². The molecule has 2 aliphatic rings. The van der Waals surface area contributed by atoms with Gasteiger partial charge in [0.1, 0.15) is 6.54 Å². The average Bonchev–Trinajstić information content (AvgIpc) is 2.90. The van der Waals surface area contributed by atoms with Gasteiger partial charge in [-0.25, -0.2) is 0 Å². The molecule has 0 aromatic carbocycles. The van der Waals surface area contributed by atoms with Gasteiger partial charge in [0.15, 0.2) is 0 Å². The highest BCUT2D eigenvalue weighted by Crippen LogP contribution is 2.54. The van der Waals surface area contributed by atoms with E-state index in [2.05, 4.69) is 0 Å². The molecule has 2 fully saturated rings. The molecule has 2 atom stereocenters. The third-order valence-corrected chi connectivity index (χ3v) is 4.05. The van der Waals surface area contributed by atoms with E-state index in [9.17, 15) is 9.59 Å². The van der Waals surface area contributed by atoms with Crippen LogP contribution in [0.15, 0.2) is 0 Å². The Kier molecular flexibility index (Phi) is 3.90. The zero-order valence-electron chi connectivity index (χ0n) is 11.1. The highest BCUT2D eigenvalue weighted by atomic mass is 16.4. The Morgan fingerprint density at radius 1 is 1.11 bits per heavy atom. The molecule has 0 spiro atoms. The fraction of sp³-hybridized carbons (Fsp3) is 0.846. The van der Waals surface area contributed by atoms with Gasteiger partial charge in [0.2, 0.25) is 5.91 Å². The molecule has 0 aliphatic heterocycles. The molecule has 2 rings (SSSR count). The van der Waals surface area contributed by atoms with E-state index in [1.165, 1.54) is 11.3 Å². The van der Waals surface area contributed by atoms with Crippen LogP contribution >= 0.6 is 0 Å². The lowest BCUT2D eigenvalue weighted by atomic mass is 10.0. The van der Waals surface area contributed by atoms with Crippen LogP contribution in [-0.4, -0.2) is 60.5 Å². The van der Waals surface area contributed by atoms with Crippen LogP contribution in [0.5, 0.6) is 0 Å². The monoisotopic (exact) mass is 254 g/mol. The van der Waals surface area contributed by atoms with E-state index in [0.29, 0.717) is 13.1 Å². The maximum atomic E-state index is 12.3. The number of carboxylic acid groups (broad SMARTS) is 1. The number of hydrogen-bond acceptors (Lipinski definition) is 3. The van der Waals surface area contributed by atoms with Crippen molar-refractivity contribution in [2.75, 3.05) is 33.7 Å². The summed E-state index contributed by atoms with van der Waals surface area (Å²) in [6, 6.07) is 0. The Balaban J connectivity index is 1.89. The summed E-state index contributed by atoms with van der Waals surface area (Å²) in [6.45, 7) is 1.04. The number of carbonyl (C=O) groups excluding carboxylic acids is 1. The summed E-state index contributed by atoms with van der Waals surface area (Å²) in [5.41, 5.74) is 0. The van der Waals surface area contributed by atoms with E-state index >= 15 is 0 Å². The number of carbonyl (C=O) groups is 2. The summed E-state index contributed by atoms with van der Waals surface area (Å²) in [7, 11) is 3.85. The molecule has 0 saturated heterocycles. The summed E-state index contributed by atoms with van der Waals surface area (Å²) in [4.78, 5) is 26.6. The van der Waals surface area contributed by atoms with Crippen molar-refractivity contribution in [1.82, 2.24) is 9.80 Å². The topological polar surface area (TPSA) is 60.9 Å². The van der Waals surface area contributed by atoms with Crippen molar-refractivity contribution in [1.29, 1.82) is 0 Å². The average molecular weight is 254 g/mol. The normalized spacial score (nSPS) is 29.2. The first-order chi connectivity index (χ1) is 8.47. The van der Waals surface area contributed by atoms with E-state index < -0.39 is 5.97 Å². The van der Waals surface area contributed by atoms with E-state index in [1.54, 1.807) is 0 Å². The van der Waals surface area contributed by atoms with Gasteiger partial charge in [-0.3, -0.25) is 9.59 Å². The van der Waals surface area contributed by atoms with Crippen molar-refractivity contribution in [3.05, 3.63) is 0 Å². The van der Waals surface area contributed by atoms with Crippen molar-refractivity contribution in [2.45, 2.75) is 19.3 Å². The number of likely N-dealkylation sites (N-methyl/N-ethyl adjacent to an activating group) is 1. The Morgan fingerprint density at radius 2 is 1.72 bits per heavy atom. The molecule has 0 bridgehead atoms. The second-order valence-corrected chi connectivity index (χ2v) is 5.88. The molecule has 2 unspecified atom stereocenters. The lowest BCUT2D eigenvalue weighted by molar-refractivity contribution is -0.146. The molecule has 5 heteroatoms. The quantitative estimate of drug-likeness (QED) is 0.750. The Labute approximate surface area is 108 Å². The molecule has 2 saturated carbocycles. The van der Waals surface area contributed by atoms with Crippen molar-refractivity contribution in [3.8, 4) is 0 Å². The van der Waals surface area contributed by atoms with Gasteiger partial charge in [-0.1, -0.05) is 0 Å². The van der Waals surface area contributed by atoms with Crippen LogP contribution in [0.1, 0.15) is 19.3 Å². The van der Waals surface area contributed by atoms with Gasteiger partial charge in [0.05, 0.1) is 0 Å². The summed E-state index contributed by atoms with van der Waals surface area (Å²) in [5, 5.41) is 8.89. The van der Waals surface area contributed by atoms with Gasteiger partial charge >= 0.3 is 5.97 Å². The molecule has 18 heavy (non-hydrogen) atoms. The summed E-state index contributed by atoms with van der Waals surface area (Å²) in [6.07, 6.45) is 3.23. The molecular formula is C13H22N2O3. The summed E-state index contributed by atoms with van der Waals surface area (Å²) in [5.74, 6) is 0.700. The second kappa shape index (κ2) is 5.26. The maximum Gasteiger partial charge on any atom is 0.323 e. The third kappa shape index (κ3) is 3.22. The van der Waals surface area contributed by atoms with Gasteiger partial charge in [0.25, 0.3) is 0 Å². The number of hydrogen-bond donors (Lipinski definition) is 1. The van der Waals surface area contributed by atoms with Crippen LogP contribution in [0, 0.1) is 17.8 Å². The first kappa shape index (κ1) is 13.3. The van der Waals surface area contributed by atoms with Gasteiger partial charge in [-0.05, 0) is 45.2 Å². The number of amides is 1. The highest BCUT2D eigenvalue weighted by Gasteiger charge is 2.48. The van der Waals surface area contributed by atoms with Crippen LogP contribution in [0.25, 0.3) is 0 Å². The first-order valence-electron chi connectivity index (χ1n) is 6.62. The van der Waals surface area contributed by atoms with Crippen LogP contribution < -0.4 is 0 Å². The molecule has 102 valence electrons. The Morgan fingerprint density at radius 3 is 2.22 bits per heavy atom. The lowest BCUT2D eigenvalue weighted by Crippen LogP contribution is -2.42. The molecule has 0 aromatic rings. The molecular weight excluding hydrogens is 232 g/mol. The van der Waals surface area contributed by atoms with Crippen LogP contribution in [0.3, 0.4) is 0 Å². The lowest BCUT2D eigenvalue weighted by Gasteiger charge is -2.26. The minimum Gasteiger partial charge on any atom is -0.480 e. The van der Waals surface area contributed by atoms with Crippen molar-refractivity contribution in [2.24, 2.45) is 17.8 Å². The number of aliphatic carboxylic acids is 1. The van der Waals surface area contributed by atoms with Gasteiger partial charge in [-0.2, -0.15) is 0 Å². The Hall–Kier alpha value is -1.10. The van der Waals surface area contributed by atoms with Gasteiger partial charge in [-0.15, -0.1) is 0 Å². The SMILES string of the molecule is CN(C)CCN(CC(=O)O)C(=O)C1CC2CC2C1. The van der Waals surface area contributed by atoms with E-state index in [0.717, 1.165) is 24.7 Å². The van der Waals surface area contributed by atoms with Gasteiger partial charge < -0.3 is 14.9 Å². The second-order valence-electron chi connectivity index (χ2n) is 5.88.